The van der Waals surface area contributed by atoms with Gasteiger partial charge in [-0.25, -0.2) is 0 Å². The number of para-hydroxylation sites is 2. The van der Waals surface area contributed by atoms with E-state index in [0.29, 0.717) is 0 Å². The van der Waals surface area contributed by atoms with Crippen LogP contribution in [0.5, 0.6) is 0 Å². The van der Waals surface area contributed by atoms with Crippen molar-refractivity contribution in [3.8, 4) is 0 Å². The Balaban J connectivity index is 0.00000107. The van der Waals surface area contributed by atoms with Crippen LogP contribution in [0.15, 0.2) is 70.6 Å². The van der Waals surface area contributed by atoms with Gasteiger partial charge >= 0.3 is 33.3 Å². The van der Waals surface area contributed by atoms with E-state index >= 15 is 0 Å². The number of benzene rings is 2. The average Bonchev–Trinajstić information content (AvgIpc) is 3.20. The molecule has 0 radical (unpaired) electrons. The summed E-state index contributed by atoms with van der Waals surface area (Å²) in [6.45, 7) is 12.9. The molecular formula is C25H28Cl2FeN2S. The maximum absolute atomic E-state index is 4.95. The Morgan fingerprint density at radius 2 is 1.23 bits per heavy atom. The summed E-state index contributed by atoms with van der Waals surface area (Å²) in [6.07, 6.45) is 0. The average molecular weight is 515 g/mol. The summed E-state index contributed by atoms with van der Waals surface area (Å²) in [7, 11) is 9.53. The standard InChI is InChI=1S/C25H28N2S.2ClH.Fe/c1-17-11-7-9-13-21(17)26-18(2)23-15-16-24(28-23)19(3)27-22-14-10-8-12-20(22)25(4,5)6;;;/h7-16H,1-6H3;2*1H;/q;;;+2/p-2. The van der Waals surface area contributed by atoms with Crippen LogP contribution >= 0.6 is 31.5 Å². The molecule has 0 unspecified atom stereocenters. The molecule has 0 spiro atoms. The molecule has 6 heteroatoms. The van der Waals surface area contributed by atoms with Crippen LogP contribution in [0.4, 0.5) is 11.4 Å². The molecule has 1 heterocycles. The fourth-order valence-corrected chi connectivity index (χ4v) is 3.99. The first-order valence-electron chi connectivity index (χ1n) is 9.89. The minimum absolute atomic E-state index is 0.0672. The zero-order valence-electron chi connectivity index (χ0n) is 18.7. The third kappa shape index (κ3) is 7.59. The van der Waals surface area contributed by atoms with Gasteiger partial charge in [-0.15, -0.1) is 11.3 Å². The van der Waals surface area contributed by atoms with Crippen molar-refractivity contribution in [2.45, 2.75) is 47.0 Å². The number of aliphatic imine (C=N–C) groups is 2. The van der Waals surface area contributed by atoms with E-state index in [0.717, 1.165) is 22.8 Å². The van der Waals surface area contributed by atoms with Crippen LogP contribution < -0.4 is 0 Å². The van der Waals surface area contributed by atoms with Crippen LogP contribution in [-0.4, -0.2) is 11.4 Å². The molecule has 0 aliphatic carbocycles. The van der Waals surface area contributed by atoms with Crippen LogP contribution in [0.25, 0.3) is 0 Å². The minimum atomic E-state index is 0.0672. The molecule has 0 saturated carbocycles. The Labute approximate surface area is 205 Å². The molecule has 2 nitrogen and oxygen atoms in total. The summed E-state index contributed by atoms with van der Waals surface area (Å²) in [5.74, 6) is 0. The fourth-order valence-electron chi connectivity index (χ4n) is 3.09. The first-order valence-corrected chi connectivity index (χ1v) is 13.7. The molecular weight excluding hydrogens is 487 g/mol. The molecule has 166 valence electrons. The fraction of sp³-hybridized carbons (Fsp3) is 0.280. The Kier molecular flexibility index (Phi) is 9.99. The van der Waals surface area contributed by atoms with Gasteiger partial charge in [0.2, 0.25) is 0 Å². The Morgan fingerprint density at radius 1 is 0.774 bits per heavy atom. The predicted molar refractivity (Wildman–Crippen MR) is 136 cm³/mol. The van der Waals surface area contributed by atoms with Gasteiger partial charge in [0.25, 0.3) is 0 Å². The second-order valence-corrected chi connectivity index (χ2v) is 11.1. The van der Waals surface area contributed by atoms with Crippen LogP contribution in [-0.2, 0) is 18.5 Å². The number of hydrogen-bond donors (Lipinski definition) is 0. The maximum atomic E-state index is 4.95. The number of nitrogens with zero attached hydrogens (tertiary/aromatic N) is 2. The second kappa shape index (κ2) is 12.0. The van der Waals surface area contributed by atoms with Gasteiger partial charge < -0.3 is 0 Å². The summed E-state index contributed by atoms with van der Waals surface area (Å²) in [5.41, 5.74) is 6.67. The van der Waals surface area contributed by atoms with Crippen molar-refractivity contribution in [1.29, 1.82) is 0 Å². The third-order valence-corrected chi connectivity index (χ3v) is 6.03. The molecule has 2 aromatic carbocycles. The first kappa shape index (κ1) is 25.8. The van der Waals surface area contributed by atoms with Gasteiger partial charge in [0.1, 0.15) is 0 Å². The molecule has 3 aromatic rings. The van der Waals surface area contributed by atoms with E-state index in [-0.39, 0.29) is 18.5 Å². The van der Waals surface area contributed by atoms with Gasteiger partial charge in [0, 0.05) is 9.75 Å². The second-order valence-electron chi connectivity index (χ2n) is 8.16. The predicted octanol–water partition coefficient (Wildman–Crippen LogP) is 9.01. The van der Waals surface area contributed by atoms with Gasteiger partial charge in [-0.3, -0.25) is 9.98 Å². The van der Waals surface area contributed by atoms with Crippen molar-refractivity contribution >= 4 is 54.3 Å². The van der Waals surface area contributed by atoms with Crippen molar-refractivity contribution in [3.05, 3.63) is 81.5 Å². The molecule has 0 aliphatic rings. The normalized spacial score (nSPS) is 12.5. The summed E-state index contributed by atoms with van der Waals surface area (Å²) in [5, 5.41) is 0. The molecule has 0 aliphatic heterocycles. The van der Waals surface area contributed by atoms with Crippen molar-refractivity contribution < 1.29 is 13.1 Å². The van der Waals surface area contributed by atoms with Gasteiger partial charge in [0.15, 0.2) is 0 Å². The zero-order chi connectivity index (χ0) is 23.0. The van der Waals surface area contributed by atoms with Crippen molar-refractivity contribution in [2.24, 2.45) is 9.98 Å². The van der Waals surface area contributed by atoms with Crippen LogP contribution in [0.3, 0.4) is 0 Å². The van der Waals surface area contributed by atoms with E-state index in [1.165, 1.54) is 20.9 Å². The molecule has 31 heavy (non-hydrogen) atoms. The molecule has 3 rings (SSSR count). The molecule has 0 N–H and O–H groups in total. The van der Waals surface area contributed by atoms with Gasteiger partial charge in [-0.1, -0.05) is 57.2 Å². The monoisotopic (exact) mass is 514 g/mol. The summed E-state index contributed by atoms with van der Waals surface area (Å²) >= 11 is 1.94. The number of rotatable bonds is 4. The molecule has 0 atom stereocenters. The van der Waals surface area contributed by atoms with Crippen molar-refractivity contribution in [1.82, 2.24) is 0 Å². The zero-order valence-corrected chi connectivity index (χ0v) is 22.1. The molecule has 0 fully saturated rings. The van der Waals surface area contributed by atoms with Crippen LogP contribution in [0.2, 0.25) is 0 Å². The van der Waals surface area contributed by atoms with Crippen molar-refractivity contribution in [3.63, 3.8) is 0 Å². The molecule has 0 bridgehead atoms. The van der Waals surface area contributed by atoms with Gasteiger partial charge in [-0.2, -0.15) is 0 Å². The Bertz CT molecular complexity index is 1070. The Hall–Kier alpha value is -1.42. The van der Waals surface area contributed by atoms with Crippen LogP contribution in [0.1, 0.15) is 55.5 Å². The topological polar surface area (TPSA) is 24.7 Å². The number of aryl methyl sites for hydroxylation is 1. The van der Waals surface area contributed by atoms with Crippen molar-refractivity contribution in [2.75, 3.05) is 0 Å². The quantitative estimate of drug-likeness (QED) is 0.245. The van der Waals surface area contributed by atoms with E-state index in [2.05, 4.69) is 90.1 Å². The van der Waals surface area contributed by atoms with Gasteiger partial charge in [-0.05, 0) is 61.6 Å². The van der Waals surface area contributed by atoms with E-state index in [1.54, 1.807) is 11.3 Å². The van der Waals surface area contributed by atoms with E-state index in [4.69, 9.17) is 30.2 Å². The SMILES string of the molecule is CC(=Nc1ccccc1C)c1ccc(C(C)=Nc2ccccc2C(C)(C)C)s1.[Cl][Fe][Cl]. The Morgan fingerprint density at radius 3 is 1.74 bits per heavy atom. The number of thiophene rings is 1. The van der Waals surface area contributed by atoms with Gasteiger partial charge in [0.05, 0.1) is 22.8 Å². The van der Waals surface area contributed by atoms with E-state index in [1.807, 2.05) is 12.1 Å². The molecule has 0 amide bonds. The molecule has 0 saturated heterocycles. The molecule has 1 aromatic heterocycles. The number of hydrogen-bond acceptors (Lipinski definition) is 3. The van der Waals surface area contributed by atoms with E-state index in [9.17, 15) is 0 Å². The third-order valence-electron chi connectivity index (χ3n) is 4.72. The summed E-state index contributed by atoms with van der Waals surface area (Å²) in [6, 6.07) is 20.9. The van der Waals surface area contributed by atoms with Crippen LogP contribution in [0, 0.1) is 6.92 Å². The first-order chi connectivity index (χ1) is 14.7. The summed E-state index contributed by atoms with van der Waals surface area (Å²) < 4.78 is 0. The van der Waals surface area contributed by atoms with E-state index < -0.39 is 0 Å². The number of halogens is 2. The summed E-state index contributed by atoms with van der Waals surface area (Å²) in [4.78, 5) is 12.1.